The molecule has 1 aliphatic rings. The fraction of sp³-hybridized carbons (Fsp3) is 0.733. The predicted octanol–water partition coefficient (Wildman–Crippen LogP) is 4.74. The number of hydrogen-bond acceptors (Lipinski definition) is 1. The lowest BCUT2D eigenvalue weighted by Gasteiger charge is -2.33. The quantitative estimate of drug-likeness (QED) is 0.675. The summed E-state index contributed by atoms with van der Waals surface area (Å²) >= 11 is 4.83. The van der Waals surface area contributed by atoms with Crippen LogP contribution < -0.4 is 0 Å². The molecule has 2 atom stereocenters. The molecule has 0 saturated carbocycles. The first-order valence-electron chi connectivity index (χ1n) is 6.45. The van der Waals surface area contributed by atoms with Crippen LogP contribution in [0.2, 0.25) is 0 Å². The molecule has 2 unspecified atom stereocenters. The summed E-state index contributed by atoms with van der Waals surface area (Å²) in [6.45, 7) is 13.7. The van der Waals surface area contributed by atoms with Crippen LogP contribution in [-0.4, -0.2) is 5.25 Å². The first-order chi connectivity index (χ1) is 7.34. The molecule has 1 rings (SSSR count). The summed E-state index contributed by atoms with van der Waals surface area (Å²) in [6.07, 6.45) is 4.82. The number of rotatable bonds is 3. The van der Waals surface area contributed by atoms with Gasteiger partial charge in [-0.05, 0) is 29.2 Å². The molecule has 0 aromatic carbocycles. The highest BCUT2D eigenvalue weighted by molar-refractivity contribution is 7.81. The van der Waals surface area contributed by atoms with E-state index < -0.39 is 0 Å². The molecular weight excluding hydrogens is 212 g/mol. The molecular formula is C15H26S. The van der Waals surface area contributed by atoms with E-state index in [0.717, 1.165) is 0 Å². The van der Waals surface area contributed by atoms with Crippen molar-refractivity contribution in [1.29, 1.82) is 0 Å². The Hall–Kier alpha value is -0.170. The highest BCUT2D eigenvalue weighted by atomic mass is 32.1. The lowest BCUT2D eigenvalue weighted by molar-refractivity contribution is 0.447. The van der Waals surface area contributed by atoms with Crippen LogP contribution in [0.5, 0.6) is 0 Å². The Kier molecular flexibility index (Phi) is 4.73. The third-order valence-corrected chi connectivity index (χ3v) is 4.17. The van der Waals surface area contributed by atoms with Crippen LogP contribution in [0, 0.1) is 23.7 Å². The molecule has 1 heteroatoms. The maximum Gasteiger partial charge on any atom is 0.0297 e. The second kappa shape index (κ2) is 5.44. The highest BCUT2D eigenvalue weighted by Gasteiger charge is 2.28. The molecule has 0 aromatic heterocycles. The Labute approximate surface area is 107 Å². The molecule has 0 radical (unpaired) electrons. The van der Waals surface area contributed by atoms with Crippen molar-refractivity contribution in [2.75, 3.05) is 0 Å². The van der Waals surface area contributed by atoms with Crippen LogP contribution in [0.15, 0.2) is 23.3 Å². The van der Waals surface area contributed by atoms with Crippen molar-refractivity contribution in [3.05, 3.63) is 23.3 Å². The van der Waals surface area contributed by atoms with Gasteiger partial charge in [0.1, 0.15) is 0 Å². The normalized spacial score (nSPS) is 26.4. The Morgan fingerprint density at radius 1 is 1.00 bits per heavy atom. The van der Waals surface area contributed by atoms with Gasteiger partial charge in [-0.25, -0.2) is 0 Å². The lowest BCUT2D eigenvalue weighted by Crippen LogP contribution is -2.27. The summed E-state index contributed by atoms with van der Waals surface area (Å²) < 4.78 is 0. The van der Waals surface area contributed by atoms with E-state index in [4.69, 9.17) is 12.6 Å². The summed E-state index contributed by atoms with van der Waals surface area (Å²) in [6, 6.07) is 0. The molecule has 16 heavy (non-hydrogen) atoms. The van der Waals surface area contributed by atoms with Crippen molar-refractivity contribution >= 4 is 12.6 Å². The van der Waals surface area contributed by atoms with Crippen LogP contribution in [0.25, 0.3) is 0 Å². The van der Waals surface area contributed by atoms with E-state index >= 15 is 0 Å². The van der Waals surface area contributed by atoms with E-state index in [1.807, 2.05) is 0 Å². The number of thiol groups is 1. The third kappa shape index (κ3) is 2.94. The fourth-order valence-electron chi connectivity index (χ4n) is 2.29. The smallest absolute Gasteiger partial charge is 0.0297 e. The summed E-state index contributed by atoms with van der Waals surface area (Å²) in [7, 11) is 0. The first kappa shape index (κ1) is 13.9. The maximum absolute atomic E-state index is 4.83. The standard InChI is InChI=1S/C15H26S/c1-9(2)12-7-13(10(3)4)15(16)14(8-12)11(5)6/h7-11,13,15-16H,1-6H3. The van der Waals surface area contributed by atoms with E-state index in [2.05, 4.69) is 53.7 Å². The van der Waals surface area contributed by atoms with E-state index in [1.165, 1.54) is 11.1 Å². The van der Waals surface area contributed by atoms with Crippen LogP contribution in [0.4, 0.5) is 0 Å². The van der Waals surface area contributed by atoms with Gasteiger partial charge in [0.05, 0.1) is 0 Å². The van der Waals surface area contributed by atoms with Gasteiger partial charge in [-0.1, -0.05) is 59.3 Å². The summed E-state index contributed by atoms with van der Waals surface area (Å²) in [5.41, 5.74) is 3.00. The first-order valence-corrected chi connectivity index (χ1v) is 6.97. The second-order valence-electron chi connectivity index (χ2n) is 5.89. The molecule has 0 saturated heterocycles. The Morgan fingerprint density at radius 3 is 1.94 bits per heavy atom. The fourth-order valence-corrected chi connectivity index (χ4v) is 3.09. The van der Waals surface area contributed by atoms with Crippen LogP contribution in [0.1, 0.15) is 41.5 Å². The molecule has 0 nitrogen and oxygen atoms in total. The summed E-state index contributed by atoms with van der Waals surface area (Å²) in [5, 5.41) is 0.405. The zero-order chi connectivity index (χ0) is 12.5. The molecule has 1 aliphatic carbocycles. The highest BCUT2D eigenvalue weighted by Crippen LogP contribution is 2.37. The zero-order valence-electron chi connectivity index (χ0n) is 11.5. The molecule has 0 N–H and O–H groups in total. The Balaban J connectivity index is 3.07. The minimum Gasteiger partial charge on any atom is -0.171 e. The molecule has 0 amide bonds. The van der Waals surface area contributed by atoms with Crippen molar-refractivity contribution in [3.8, 4) is 0 Å². The SMILES string of the molecule is CC(C)C1=CC(C(C)C)C(S)C(C(C)C)=C1. The third-order valence-electron chi connectivity index (χ3n) is 3.53. The largest absolute Gasteiger partial charge is 0.171 e. The van der Waals surface area contributed by atoms with Gasteiger partial charge in [0.2, 0.25) is 0 Å². The predicted molar refractivity (Wildman–Crippen MR) is 76.9 cm³/mol. The molecule has 0 heterocycles. The maximum atomic E-state index is 4.83. The van der Waals surface area contributed by atoms with Gasteiger partial charge < -0.3 is 0 Å². The van der Waals surface area contributed by atoms with Crippen LogP contribution in [-0.2, 0) is 0 Å². The van der Waals surface area contributed by atoms with Gasteiger partial charge in [0.25, 0.3) is 0 Å². The molecule has 92 valence electrons. The van der Waals surface area contributed by atoms with Crippen molar-refractivity contribution in [2.45, 2.75) is 46.8 Å². The topological polar surface area (TPSA) is 0 Å². The van der Waals surface area contributed by atoms with E-state index in [9.17, 15) is 0 Å². The van der Waals surface area contributed by atoms with Gasteiger partial charge in [0, 0.05) is 5.25 Å². The monoisotopic (exact) mass is 238 g/mol. The van der Waals surface area contributed by atoms with E-state index in [0.29, 0.717) is 28.9 Å². The Morgan fingerprint density at radius 2 is 1.56 bits per heavy atom. The van der Waals surface area contributed by atoms with Crippen molar-refractivity contribution in [3.63, 3.8) is 0 Å². The minimum atomic E-state index is 0.405. The minimum absolute atomic E-state index is 0.405. The number of hydrogen-bond donors (Lipinski definition) is 1. The van der Waals surface area contributed by atoms with Crippen molar-refractivity contribution < 1.29 is 0 Å². The molecule has 0 aliphatic heterocycles. The van der Waals surface area contributed by atoms with Gasteiger partial charge >= 0.3 is 0 Å². The van der Waals surface area contributed by atoms with Crippen molar-refractivity contribution in [2.24, 2.45) is 23.7 Å². The Bertz CT molecular complexity index is 295. The molecule has 0 fully saturated rings. The average Bonchev–Trinajstić information content (AvgIpc) is 2.16. The van der Waals surface area contributed by atoms with Crippen LogP contribution >= 0.6 is 12.6 Å². The second-order valence-corrected chi connectivity index (χ2v) is 6.44. The molecule has 0 bridgehead atoms. The van der Waals surface area contributed by atoms with E-state index in [1.54, 1.807) is 0 Å². The van der Waals surface area contributed by atoms with Gasteiger partial charge in [-0.15, -0.1) is 0 Å². The average molecular weight is 238 g/mol. The van der Waals surface area contributed by atoms with Gasteiger partial charge in [-0.2, -0.15) is 12.6 Å². The molecule has 0 spiro atoms. The van der Waals surface area contributed by atoms with Crippen LogP contribution in [0.3, 0.4) is 0 Å². The van der Waals surface area contributed by atoms with Crippen molar-refractivity contribution in [1.82, 2.24) is 0 Å². The van der Waals surface area contributed by atoms with E-state index in [-0.39, 0.29) is 0 Å². The van der Waals surface area contributed by atoms with Gasteiger partial charge in [-0.3, -0.25) is 0 Å². The zero-order valence-corrected chi connectivity index (χ0v) is 12.4. The molecule has 0 aromatic rings. The van der Waals surface area contributed by atoms with Gasteiger partial charge in [0.15, 0.2) is 0 Å². The summed E-state index contributed by atoms with van der Waals surface area (Å²) in [4.78, 5) is 0. The number of allylic oxidation sites excluding steroid dienone is 3. The summed E-state index contributed by atoms with van der Waals surface area (Å²) in [5.74, 6) is 2.48. The lowest BCUT2D eigenvalue weighted by atomic mass is 9.77.